The largest absolute Gasteiger partial charge is 0.508 e. The third kappa shape index (κ3) is 3.58. The van der Waals surface area contributed by atoms with E-state index in [0.29, 0.717) is 12.2 Å². The zero-order valence-corrected chi connectivity index (χ0v) is 8.66. The molecule has 0 amide bonds. The first-order chi connectivity index (χ1) is 7.13. The van der Waals surface area contributed by atoms with Crippen LogP contribution in [0.3, 0.4) is 0 Å². The van der Waals surface area contributed by atoms with E-state index in [2.05, 4.69) is 0 Å². The smallest absolute Gasteiger partial charge is 0.331 e. The zero-order valence-electron chi connectivity index (χ0n) is 8.66. The van der Waals surface area contributed by atoms with Gasteiger partial charge in [0.25, 0.3) is 0 Å². The molecular weight excluding hydrogens is 196 g/mol. The molecule has 0 aromatic heterocycles. The molecule has 0 saturated carbocycles. The van der Waals surface area contributed by atoms with Crippen LogP contribution in [0, 0.1) is 0 Å². The Balaban J connectivity index is 2.46. The number of carbonyl (C=O) groups is 2. The molecule has 0 fully saturated rings. The number of ether oxygens (including phenoxy) is 1. The van der Waals surface area contributed by atoms with Crippen molar-refractivity contribution in [2.24, 2.45) is 0 Å². The van der Waals surface area contributed by atoms with Gasteiger partial charge >= 0.3 is 5.97 Å². The van der Waals surface area contributed by atoms with Gasteiger partial charge in [0.2, 0.25) is 0 Å². The van der Waals surface area contributed by atoms with Crippen LogP contribution in [0.4, 0.5) is 0 Å². The molecule has 0 saturated heterocycles. The highest BCUT2D eigenvalue weighted by atomic mass is 16.5. The minimum absolute atomic E-state index is 0.0781. The Hall–Kier alpha value is -1.58. The number of hydrogen-bond acceptors (Lipinski definition) is 4. The van der Waals surface area contributed by atoms with Crippen molar-refractivity contribution in [2.45, 2.75) is 26.2 Å². The van der Waals surface area contributed by atoms with Gasteiger partial charge in [-0.2, -0.15) is 0 Å². The molecule has 1 aliphatic rings. The third-order valence-corrected chi connectivity index (χ3v) is 2.03. The van der Waals surface area contributed by atoms with Gasteiger partial charge in [0.05, 0.1) is 6.61 Å². The molecule has 4 nitrogen and oxygen atoms in total. The molecule has 0 heterocycles. The minimum atomic E-state index is -0.506. The summed E-state index contributed by atoms with van der Waals surface area (Å²) in [6.45, 7) is 2.37. The van der Waals surface area contributed by atoms with E-state index in [-0.39, 0.29) is 18.0 Å². The predicted molar refractivity (Wildman–Crippen MR) is 54.3 cm³/mol. The van der Waals surface area contributed by atoms with Crippen LogP contribution < -0.4 is 0 Å². The van der Waals surface area contributed by atoms with Crippen LogP contribution in [0.5, 0.6) is 0 Å². The van der Waals surface area contributed by atoms with E-state index in [1.165, 1.54) is 6.08 Å². The van der Waals surface area contributed by atoms with E-state index >= 15 is 0 Å². The standard InChI is InChI=1S/C11H14O4/c1-2-3-4-15-11(14)6-8-5-9(12)7-10(8)13/h6-7,13H,2-5H2,1H3/b8-6+. The fourth-order valence-electron chi connectivity index (χ4n) is 1.20. The molecule has 0 aliphatic heterocycles. The minimum Gasteiger partial charge on any atom is -0.508 e. The van der Waals surface area contributed by atoms with Gasteiger partial charge in [-0.3, -0.25) is 4.79 Å². The van der Waals surface area contributed by atoms with Crippen molar-refractivity contribution in [1.29, 1.82) is 0 Å². The van der Waals surface area contributed by atoms with Gasteiger partial charge in [0.1, 0.15) is 5.76 Å². The Kier molecular flexibility index (Phi) is 4.09. The van der Waals surface area contributed by atoms with Gasteiger partial charge in [-0.1, -0.05) is 13.3 Å². The summed E-state index contributed by atoms with van der Waals surface area (Å²) < 4.78 is 4.86. The number of rotatable bonds is 4. The average Bonchev–Trinajstić information content (AvgIpc) is 2.45. The second kappa shape index (κ2) is 5.34. The molecule has 0 bridgehead atoms. The van der Waals surface area contributed by atoms with Crippen molar-refractivity contribution >= 4 is 11.8 Å². The van der Waals surface area contributed by atoms with Crippen LogP contribution >= 0.6 is 0 Å². The summed E-state index contributed by atoms with van der Waals surface area (Å²) in [5, 5.41) is 9.24. The summed E-state index contributed by atoms with van der Waals surface area (Å²) in [7, 11) is 0. The zero-order chi connectivity index (χ0) is 11.3. The van der Waals surface area contributed by atoms with Crippen LogP contribution in [-0.2, 0) is 14.3 Å². The Morgan fingerprint density at radius 1 is 1.67 bits per heavy atom. The highest BCUT2D eigenvalue weighted by Crippen LogP contribution is 2.19. The monoisotopic (exact) mass is 210 g/mol. The van der Waals surface area contributed by atoms with Gasteiger partial charge in [-0.25, -0.2) is 4.79 Å². The van der Waals surface area contributed by atoms with E-state index in [1.54, 1.807) is 0 Å². The van der Waals surface area contributed by atoms with Crippen molar-refractivity contribution in [3.05, 3.63) is 23.5 Å². The number of aliphatic hydroxyl groups excluding tert-OH is 1. The SMILES string of the molecule is CCCCOC(=O)/C=C1\CC(=O)C=C1O. The Morgan fingerprint density at radius 2 is 2.40 bits per heavy atom. The first-order valence-electron chi connectivity index (χ1n) is 4.94. The van der Waals surface area contributed by atoms with E-state index in [1.807, 2.05) is 6.92 Å². The summed E-state index contributed by atoms with van der Waals surface area (Å²) >= 11 is 0. The molecule has 0 aromatic carbocycles. The van der Waals surface area contributed by atoms with Crippen molar-refractivity contribution in [2.75, 3.05) is 6.61 Å². The number of hydrogen-bond donors (Lipinski definition) is 1. The molecule has 4 heteroatoms. The van der Waals surface area contributed by atoms with Crippen LogP contribution in [-0.4, -0.2) is 23.5 Å². The highest BCUT2D eigenvalue weighted by molar-refractivity contribution is 5.98. The van der Waals surface area contributed by atoms with Crippen LogP contribution in [0.2, 0.25) is 0 Å². The van der Waals surface area contributed by atoms with Gasteiger partial charge in [0, 0.05) is 24.1 Å². The number of aliphatic hydroxyl groups is 1. The molecule has 0 spiro atoms. The van der Waals surface area contributed by atoms with Crippen molar-refractivity contribution < 1.29 is 19.4 Å². The summed E-state index contributed by atoms with van der Waals surface area (Å²) in [4.78, 5) is 22.1. The second-order valence-electron chi connectivity index (χ2n) is 3.36. The normalized spacial score (nSPS) is 18.1. The van der Waals surface area contributed by atoms with Gasteiger partial charge in [-0.05, 0) is 6.42 Å². The number of carbonyl (C=O) groups excluding carboxylic acids is 2. The van der Waals surface area contributed by atoms with Crippen molar-refractivity contribution in [1.82, 2.24) is 0 Å². The number of unbranched alkanes of at least 4 members (excludes halogenated alkanes) is 1. The Morgan fingerprint density at radius 3 is 2.93 bits per heavy atom. The molecule has 0 atom stereocenters. The summed E-state index contributed by atoms with van der Waals surface area (Å²) in [5.74, 6) is -0.833. The van der Waals surface area contributed by atoms with E-state index in [9.17, 15) is 14.7 Å². The lowest BCUT2D eigenvalue weighted by atomic mass is 10.2. The topological polar surface area (TPSA) is 63.6 Å². The van der Waals surface area contributed by atoms with Gasteiger partial charge < -0.3 is 9.84 Å². The molecule has 1 aliphatic carbocycles. The van der Waals surface area contributed by atoms with Crippen molar-refractivity contribution in [3.8, 4) is 0 Å². The second-order valence-corrected chi connectivity index (χ2v) is 3.36. The first kappa shape index (κ1) is 11.5. The maximum atomic E-state index is 11.2. The Bertz CT molecular complexity index is 325. The predicted octanol–water partition coefficient (Wildman–Crippen LogP) is 1.67. The average molecular weight is 210 g/mol. The number of esters is 1. The molecule has 0 radical (unpaired) electrons. The van der Waals surface area contributed by atoms with E-state index in [0.717, 1.165) is 18.9 Å². The fourth-order valence-corrected chi connectivity index (χ4v) is 1.20. The first-order valence-corrected chi connectivity index (χ1v) is 4.94. The third-order valence-electron chi connectivity index (χ3n) is 2.03. The number of ketones is 1. The highest BCUT2D eigenvalue weighted by Gasteiger charge is 2.18. The quantitative estimate of drug-likeness (QED) is 0.435. The fraction of sp³-hybridized carbons (Fsp3) is 0.455. The maximum absolute atomic E-state index is 11.2. The molecule has 0 aromatic rings. The summed E-state index contributed by atoms with van der Waals surface area (Å²) in [5.41, 5.74) is 0.335. The Labute approximate surface area is 88.2 Å². The number of allylic oxidation sites excluding steroid dienone is 2. The molecule has 82 valence electrons. The molecule has 15 heavy (non-hydrogen) atoms. The van der Waals surface area contributed by atoms with Crippen molar-refractivity contribution in [3.63, 3.8) is 0 Å². The lowest BCUT2D eigenvalue weighted by molar-refractivity contribution is -0.137. The summed E-state index contributed by atoms with van der Waals surface area (Å²) in [6.07, 6.45) is 4.13. The summed E-state index contributed by atoms with van der Waals surface area (Å²) in [6, 6.07) is 0. The molecule has 0 unspecified atom stereocenters. The molecular formula is C11H14O4. The van der Waals surface area contributed by atoms with E-state index in [4.69, 9.17) is 4.74 Å². The van der Waals surface area contributed by atoms with Gasteiger partial charge in [-0.15, -0.1) is 0 Å². The van der Waals surface area contributed by atoms with Crippen LogP contribution in [0.25, 0.3) is 0 Å². The van der Waals surface area contributed by atoms with Gasteiger partial charge in [0.15, 0.2) is 5.78 Å². The lowest BCUT2D eigenvalue weighted by Gasteiger charge is -2.01. The molecule has 1 rings (SSSR count). The maximum Gasteiger partial charge on any atom is 0.331 e. The van der Waals surface area contributed by atoms with E-state index < -0.39 is 5.97 Å². The lowest BCUT2D eigenvalue weighted by Crippen LogP contribution is -2.03. The van der Waals surface area contributed by atoms with Crippen LogP contribution in [0.1, 0.15) is 26.2 Å². The van der Waals surface area contributed by atoms with Crippen LogP contribution in [0.15, 0.2) is 23.5 Å². The molecule has 1 N–H and O–H groups in total.